The number of ether oxygens (including phenoxy) is 1. The molecule has 0 saturated heterocycles. The molecule has 0 bridgehead atoms. The second-order valence-corrected chi connectivity index (χ2v) is 5.85. The number of rotatable bonds is 5. The fourth-order valence-corrected chi connectivity index (χ4v) is 2.41. The average molecular weight is 341 g/mol. The number of amides is 1. The van der Waals surface area contributed by atoms with Crippen molar-refractivity contribution in [2.24, 2.45) is 5.92 Å². The molecule has 1 aliphatic carbocycles. The summed E-state index contributed by atoms with van der Waals surface area (Å²) < 4.78 is 18.7. The fourth-order valence-electron chi connectivity index (χ4n) is 1.94. The van der Waals surface area contributed by atoms with Gasteiger partial charge in [-0.2, -0.15) is 5.26 Å². The Morgan fingerprint density at radius 1 is 1.65 bits per heavy atom. The maximum absolute atomic E-state index is 12.9. The van der Waals surface area contributed by atoms with Crippen molar-refractivity contribution in [3.05, 3.63) is 28.5 Å². The Balaban J connectivity index is 1.90. The molecule has 6 heteroatoms. The molecule has 2 rings (SSSR count). The Kier molecular flexibility index (Phi) is 4.29. The fraction of sp³-hybridized carbons (Fsp3) is 0.429. The lowest BCUT2D eigenvalue weighted by Crippen LogP contribution is -2.48. The van der Waals surface area contributed by atoms with Crippen LogP contribution >= 0.6 is 15.9 Å². The summed E-state index contributed by atoms with van der Waals surface area (Å²) in [5.41, 5.74) is -0.833. The number of carbonyl (C=O) groups excluding carboxylic acids is 1. The molecule has 0 aliphatic heterocycles. The Morgan fingerprint density at radius 2 is 2.35 bits per heavy atom. The van der Waals surface area contributed by atoms with E-state index in [2.05, 4.69) is 27.3 Å². The van der Waals surface area contributed by atoms with Crippen LogP contribution in [0.3, 0.4) is 0 Å². The van der Waals surface area contributed by atoms with Gasteiger partial charge in [-0.1, -0.05) is 0 Å². The van der Waals surface area contributed by atoms with Crippen molar-refractivity contribution in [3.63, 3.8) is 0 Å². The monoisotopic (exact) mass is 340 g/mol. The lowest BCUT2D eigenvalue weighted by atomic mass is 9.98. The molecule has 1 aromatic rings. The molecular weight excluding hydrogens is 327 g/mol. The van der Waals surface area contributed by atoms with Gasteiger partial charge < -0.3 is 10.1 Å². The van der Waals surface area contributed by atoms with Gasteiger partial charge in [0.2, 0.25) is 0 Å². The van der Waals surface area contributed by atoms with Crippen molar-refractivity contribution in [2.75, 3.05) is 6.61 Å². The van der Waals surface area contributed by atoms with E-state index in [1.807, 2.05) is 0 Å². The van der Waals surface area contributed by atoms with Crippen LogP contribution in [0, 0.1) is 23.1 Å². The zero-order chi connectivity index (χ0) is 14.8. The van der Waals surface area contributed by atoms with Crippen molar-refractivity contribution < 1.29 is 13.9 Å². The van der Waals surface area contributed by atoms with E-state index in [4.69, 9.17) is 10.00 Å². The van der Waals surface area contributed by atoms with Crippen LogP contribution in [0.25, 0.3) is 0 Å². The van der Waals surface area contributed by atoms with Crippen LogP contribution in [0.5, 0.6) is 5.75 Å². The number of nitrogens with one attached hydrogen (secondary N) is 1. The van der Waals surface area contributed by atoms with Gasteiger partial charge in [-0.25, -0.2) is 4.39 Å². The van der Waals surface area contributed by atoms with Crippen LogP contribution in [0.15, 0.2) is 22.7 Å². The summed E-state index contributed by atoms with van der Waals surface area (Å²) in [5, 5.41) is 11.8. The Hall–Kier alpha value is -1.61. The van der Waals surface area contributed by atoms with Gasteiger partial charge in [0.15, 0.2) is 6.61 Å². The van der Waals surface area contributed by atoms with Crippen LogP contribution in [0.2, 0.25) is 0 Å². The van der Waals surface area contributed by atoms with Crippen molar-refractivity contribution in [3.8, 4) is 11.8 Å². The first-order chi connectivity index (χ1) is 9.44. The molecule has 1 aromatic carbocycles. The molecule has 1 amide bonds. The summed E-state index contributed by atoms with van der Waals surface area (Å²) in [7, 11) is 0. The molecule has 0 aromatic heterocycles. The lowest BCUT2D eigenvalue weighted by Gasteiger charge is -2.22. The summed E-state index contributed by atoms with van der Waals surface area (Å²) in [4.78, 5) is 11.8. The van der Waals surface area contributed by atoms with E-state index in [1.54, 1.807) is 6.92 Å². The number of carbonyl (C=O) groups is 1. The van der Waals surface area contributed by atoms with E-state index in [-0.39, 0.29) is 24.2 Å². The first kappa shape index (κ1) is 14.8. The van der Waals surface area contributed by atoms with Crippen LogP contribution in [-0.4, -0.2) is 18.1 Å². The third-order valence-corrected chi connectivity index (χ3v) is 3.90. The Morgan fingerprint density at radius 3 is 2.90 bits per heavy atom. The molecule has 0 radical (unpaired) electrons. The van der Waals surface area contributed by atoms with E-state index in [0.717, 1.165) is 12.8 Å². The molecule has 106 valence electrons. The van der Waals surface area contributed by atoms with E-state index in [1.165, 1.54) is 18.2 Å². The van der Waals surface area contributed by atoms with Crippen LogP contribution in [0.4, 0.5) is 4.39 Å². The molecule has 0 heterocycles. The maximum Gasteiger partial charge on any atom is 0.259 e. The number of nitrogens with zero attached hydrogens (tertiary/aromatic N) is 1. The second-order valence-electron chi connectivity index (χ2n) is 5.00. The highest BCUT2D eigenvalue weighted by atomic mass is 79.9. The zero-order valence-electron chi connectivity index (χ0n) is 11.0. The number of benzene rings is 1. The van der Waals surface area contributed by atoms with Crippen molar-refractivity contribution in [1.82, 2.24) is 5.32 Å². The molecule has 1 fully saturated rings. The standard InChI is InChI=1S/C14H14BrFN2O2/c1-14(8-17,9-2-3-9)18-13(19)7-20-12-5-4-10(16)6-11(12)15/h4-6,9H,2-3,7H2,1H3,(H,18,19)/t14-/m0/s1. The van der Waals surface area contributed by atoms with E-state index >= 15 is 0 Å². The molecule has 20 heavy (non-hydrogen) atoms. The third-order valence-electron chi connectivity index (χ3n) is 3.28. The van der Waals surface area contributed by atoms with Crippen LogP contribution in [-0.2, 0) is 4.79 Å². The smallest absolute Gasteiger partial charge is 0.259 e. The SMILES string of the molecule is C[C@@](C#N)(NC(=O)COc1ccc(F)cc1Br)C1CC1. The molecule has 1 aliphatic rings. The van der Waals surface area contributed by atoms with Crippen LogP contribution < -0.4 is 10.1 Å². The highest BCUT2D eigenvalue weighted by Gasteiger charge is 2.43. The highest BCUT2D eigenvalue weighted by molar-refractivity contribution is 9.10. The van der Waals surface area contributed by atoms with Gasteiger partial charge in [-0.15, -0.1) is 0 Å². The topological polar surface area (TPSA) is 62.1 Å². The number of hydrogen-bond donors (Lipinski definition) is 1. The zero-order valence-corrected chi connectivity index (χ0v) is 12.5. The van der Waals surface area contributed by atoms with Crippen molar-refractivity contribution >= 4 is 21.8 Å². The minimum absolute atomic E-state index is 0.214. The molecule has 1 N–H and O–H groups in total. The van der Waals surface area contributed by atoms with Gasteiger partial charge in [0, 0.05) is 0 Å². The highest BCUT2D eigenvalue weighted by Crippen LogP contribution is 2.39. The first-order valence-electron chi connectivity index (χ1n) is 6.25. The molecule has 0 unspecified atom stereocenters. The minimum atomic E-state index is -0.833. The Bertz CT molecular complexity index is 569. The largest absolute Gasteiger partial charge is 0.483 e. The number of halogens is 2. The summed E-state index contributed by atoms with van der Waals surface area (Å²) in [6, 6.07) is 6.10. The third kappa shape index (κ3) is 3.48. The number of hydrogen-bond acceptors (Lipinski definition) is 3. The van der Waals surface area contributed by atoms with Crippen molar-refractivity contribution in [1.29, 1.82) is 5.26 Å². The second kappa shape index (κ2) is 5.80. The summed E-state index contributed by atoms with van der Waals surface area (Å²) in [6.07, 6.45) is 1.91. The van der Waals surface area contributed by atoms with E-state index in [0.29, 0.717) is 10.2 Å². The molecule has 1 atom stereocenters. The van der Waals surface area contributed by atoms with Gasteiger partial charge in [0.1, 0.15) is 17.1 Å². The average Bonchev–Trinajstić information content (AvgIpc) is 3.22. The molecular formula is C14H14BrFN2O2. The lowest BCUT2D eigenvalue weighted by molar-refractivity contribution is -0.124. The van der Waals surface area contributed by atoms with Gasteiger partial charge in [0.25, 0.3) is 5.91 Å². The number of nitriles is 1. The van der Waals surface area contributed by atoms with Crippen molar-refractivity contribution in [2.45, 2.75) is 25.3 Å². The van der Waals surface area contributed by atoms with Crippen LogP contribution in [0.1, 0.15) is 19.8 Å². The predicted molar refractivity (Wildman–Crippen MR) is 74.5 cm³/mol. The summed E-state index contributed by atoms with van der Waals surface area (Å²) >= 11 is 3.16. The van der Waals surface area contributed by atoms with Gasteiger partial charge in [-0.05, 0) is 59.8 Å². The molecule has 4 nitrogen and oxygen atoms in total. The Labute approximate surface area is 125 Å². The first-order valence-corrected chi connectivity index (χ1v) is 7.04. The van der Waals surface area contributed by atoms with Gasteiger partial charge in [-0.3, -0.25) is 4.79 Å². The summed E-state index contributed by atoms with van der Waals surface area (Å²) in [6.45, 7) is 1.50. The maximum atomic E-state index is 12.9. The summed E-state index contributed by atoms with van der Waals surface area (Å²) in [5.74, 6) is -0.155. The quantitative estimate of drug-likeness (QED) is 0.896. The van der Waals surface area contributed by atoms with Gasteiger partial charge in [0.05, 0.1) is 10.5 Å². The van der Waals surface area contributed by atoms with E-state index < -0.39 is 5.54 Å². The minimum Gasteiger partial charge on any atom is -0.483 e. The van der Waals surface area contributed by atoms with E-state index in [9.17, 15) is 9.18 Å². The molecule has 1 saturated carbocycles. The molecule has 0 spiro atoms. The predicted octanol–water partition coefficient (Wildman–Crippen LogP) is 2.78. The van der Waals surface area contributed by atoms with Gasteiger partial charge >= 0.3 is 0 Å². The normalized spacial score (nSPS) is 16.9.